The van der Waals surface area contributed by atoms with Crippen molar-refractivity contribution in [3.05, 3.63) is 95.6 Å². The molecule has 0 bridgehead atoms. The molecule has 1 heterocycles. The van der Waals surface area contributed by atoms with Crippen molar-refractivity contribution in [1.29, 1.82) is 0 Å². The number of aromatic hydroxyl groups is 1. The lowest BCUT2D eigenvalue weighted by Crippen LogP contribution is -2.38. The summed E-state index contributed by atoms with van der Waals surface area (Å²) in [6, 6.07) is 19.6. The molecule has 0 aliphatic carbocycles. The number of amides is 4. The molecule has 0 unspecified atom stereocenters. The Labute approximate surface area is 183 Å². The van der Waals surface area contributed by atoms with Gasteiger partial charge in [0.1, 0.15) is 18.0 Å². The molecule has 4 rings (SSSR count). The third-order valence-corrected chi connectivity index (χ3v) is 4.87. The molecule has 32 heavy (non-hydrogen) atoms. The number of hydrogen-bond donors (Lipinski definition) is 1. The van der Waals surface area contributed by atoms with E-state index < -0.39 is 23.8 Å². The second kappa shape index (κ2) is 8.73. The van der Waals surface area contributed by atoms with E-state index in [4.69, 9.17) is 4.74 Å². The summed E-state index contributed by atoms with van der Waals surface area (Å²) in [6.45, 7) is 0.0448. The molecule has 1 aliphatic heterocycles. The minimum atomic E-state index is -0.744. The average molecular weight is 430 g/mol. The number of ether oxygens (including phenoxy) is 1. The lowest BCUT2D eigenvalue weighted by molar-refractivity contribution is -0.123. The first kappa shape index (κ1) is 20.8. The summed E-state index contributed by atoms with van der Waals surface area (Å²) in [5.41, 5.74) is 1.20. The molecule has 0 radical (unpaired) electrons. The summed E-state index contributed by atoms with van der Waals surface area (Å²) in [5, 5.41) is 9.29. The summed E-state index contributed by atoms with van der Waals surface area (Å²) in [5.74, 6) is -1.77. The molecule has 4 amide bonds. The van der Waals surface area contributed by atoms with Gasteiger partial charge in [0, 0.05) is 12.1 Å². The van der Waals surface area contributed by atoms with Crippen LogP contribution in [0.25, 0.3) is 0 Å². The van der Waals surface area contributed by atoms with Crippen molar-refractivity contribution in [3.63, 3.8) is 0 Å². The van der Waals surface area contributed by atoms with Gasteiger partial charge in [-0.1, -0.05) is 30.3 Å². The standard InChI is InChI=1S/C24H18N2O6/c27-19-10-6-18(7-11-19)23(30)32-20-12-8-17(9-13-20)22(29)26-21(28)15-25(24(26)31)14-16-4-2-1-3-5-16/h1-13,27H,14-15H2. The number of imide groups is 3. The van der Waals surface area contributed by atoms with Crippen molar-refractivity contribution in [1.82, 2.24) is 9.80 Å². The number of phenolic OH excluding ortho intramolecular Hbond substituents is 1. The van der Waals surface area contributed by atoms with Crippen molar-refractivity contribution in [2.75, 3.05) is 6.54 Å². The van der Waals surface area contributed by atoms with E-state index in [-0.39, 0.29) is 35.7 Å². The van der Waals surface area contributed by atoms with Crippen LogP contribution in [0, 0.1) is 0 Å². The van der Waals surface area contributed by atoms with Gasteiger partial charge in [-0.2, -0.15) is 4.90 Å². The summed E-state index contributed by atoms with van der Waals surface area (Å²) < 4.78 is 5.24. The van der Waals surface area contributed by atoms with E-state index in [9.17, 15) is 24.3 Å². The fourth-order valence-corrected chi connectivity index (χ4v) is 3.24. The fourth-order valence-electron chi connectivity index (χ4n) is 3.24. The van der Waals surface area contributed by atoms with Gasteiger partial charge in [0.25, 0.3) is 11.8 Å². The van der Waals surface area contributed by atoms with E-state index in [1.165, 1.54) is 53.4 Å². The molecule has 3 aromatic rings. The summed E-state index contributed by atoms with van der Waals surface area (Å²) in [7, 11) is 0. The molecule has 1 aliphatic rings. The predicted molar refractivity (Wildman–Crippen MR) is 113 cm³/mol. The quantitative estimate of drug-likeness (QED) is 0.289. The normalized spacial score (nSPS) is 13.4. The second-order valence-electron chi connectivity index (χ2n) is 7.12. The number of rotatable bonds is 5. The topological polar surface area (TPSA) is 104 Å². The van der Waals surface area contributed by atoms with Crippen LogP contribution in [0.1, 0.15) is 26.3 Å². The third kappa shape index (κ3) is 4.34. The minimum absolute atomic E-state index is 0.0257. The molecule has 0 saturated carbocycles. The van der Waals surface area contributed by atoms with Crippen LogP contribution in [0.5, 0.6) is 11.5 Å². The molecule has 8 heteroatoms. The van der Waals surface area contributed by atoms with Gasteiger partial charge in [-0.15, -0.1) is 0 Å². The maximum Gasteiger partial charge on any atom is 0.343 e. The van der Waals surface area contributed by atoms with Gasteiger partial charge in [0.15, 0.2) is 0 Å². The Kier molecular flexibility index (Phi) is 5.67. The molecule has 0 atom stereocenters. The first-order chi connectivity index (χ1) is 15.4. The van der Waals surface area contributed by atoms with Crippen molar-refractivity contribution >= 4 is 23.8 Å². The molecular formula is C24H18N2O6. The number of nitrogens with zero attached hydrogens (tertiary/aromatic N) is 2. The van der Waals surface area contributed by atoms with Crippen LogP contribution < -0.4 is 4.74 Å². The van der Waals surface area contributed by atoms with E-state index >= 15 is 0 Å². The Balaban J connectivity index is 1.43. The lowest BCUT2D eigenvalue weighted by atomic mass is 10.2. The van der Waals surface area contributed by atoms with Crippen molar-refractivity contribution in [3.8, 4) is 11.5 Å². The van der Waals surface area contributed by atoms with E-state index in [0.29, 0.717) is 4.90 Å². The zero-order chi connectivity index (χ0) is 22.7. The molecule has 1 saturated heterocycles. The van der Waals surface area contributed by atoms with Gasteiger partial charge in [-0.3, -0.25) is 9.59 Å². The molecule has 160 valence electrons. The zero-order valence-electron chi connectivity index (χ0n) is 16.8. The molecule has 3 aromatic carbocycles. The van der Waals surface area contributed by atoms with Crippen molar-refractivity contribution in [2.24, 2.45) is 0 Å². The van der Waals surface area contributed by atoms with Crippen LogP contribution in [0.2, 0.25) is 0 Å². The zero-order valence-corrected chi connectivity index (χ0v) is 16.8. The fraction of sp³-hybridized carbons (Fsp3) is 0.0833. The largest absolute Gasteiger partial charge is 0.508 e. The minimum Gasteiger partial charge on any atom is -0.508 e. The number of urea groups is 1. The highest BCUT2D eigenvalue weighted by Gasteiger charge is 2.40. The van der Waals surface area contributed by atoms with Gasteiger partial charge < -0.3 is 14.7 Å². The summed E-state index contributed by atoms with van der Waals surface area (Å²) in [4.78, 5) is 51.9. The number of phenols is 1. The Morgan fingerprint density at radius 1 is 0.844 bits per heavy atom. The highest BCUT2D eigenvalue weighted by atomic mass is 16.5. The van der Waals surface area contributed by atoms with E-state index in [2.05, 4.69) is 0 Å². The smallest absolute Gasteiger partial charge is 0.343 e. The van der Waals surface area contributed by atoms with E-state index in [0.717, 1.165) is 5.56 Å². The SMILES string of the molecule is O=C(Oc1ccc(C(=O)N2C(=O)CN(Cc3ccccc3)C2=O)cc1)c1ccc(O)cc1. The van der Waals surface area contributed by atoms with Gasteiger partial charge in [-0.05, 0) is 54.1 Å². The van der Waals surface area contributed by atoms with Crippen LogP contribution in [-0.4, -0.2) is 45.3 Å². The van der Waals surface area contributed by atoms with Crippen LogP contribution in [0.3, 0.4) is 0 Å². The second-order valence-corrected chi connectivity index (χ2v) is 7.12. The number of benzene rings is 3. The summed E-state index contributed by atoms with van der Waals surface area (Å²) in [6.07, 6.45) is 0. The first-order valence-electron chi connectivity index (χ1n) is 9.74. The van der Waals surface area contributed by atoms with Crippen LogP contribution in [0.15, 0.2) is 78.9 Å². The number of carbonyl (C=O) groups excluding carboxylic acids is 4. The maximum atomic E-state index is 12.8. The molecule has 0 spiro atoms. The van der Waals surface area contributed by atoms with Crippen LogP contribution >= 0.6 is 0 Å². The molecule has 1 N–H and O–H groups in total. The average Bonchev–Trinajstić information content (AvgIpc) is 3.07. The Bertz CT molecular complexity index is 1170. The highest BCUT2D eigenvalue weighted by Crippen LogP contribution is 2.20. The molecule has 1 fully saturated rings. The lowest BCUT2D eigenvalue weighted by Gasteiger charge is -2.16. The Morgan fingerprint density at radius 2 is 1.47 bits per heavy atom. The highest BCUT2D eigenvalue weighted by molar-refractivity contribution is 6.19. The van der Waals surface area contributed by atoms with Crippen molar-refractivity contribution < 1.29 is 29.0 Å². The third-order valence-electron chi connectivity index (χ3n) is 4.87. The van der Waals surface area contributed by atoms with Crippen molar-refractivity contribution in [2.45, 2.75) is 6.54 Å². The van der Waals surface area contributed by atoms with Gasteiger partial charge in [0.2, 0.25) is 0 Å². The Hall–Kier alpha value is -4.46. The summed E-state index contributed by atoms with van der Waals surface area (Å²) >= 11 is 0. The van der Waals surface area contributed by atoms with E-state index in [1.54, 1.807) is 0 Å². The molecule has 8 nitrogen and oxygen atoms in total. The number of esters is 1. The van der Waals surface area contributed by atoms with Crippen LogP contribution in [-0.2, 0) is 11.3 Å². The Morgan fingerprint density at radius 3 is 2.12 bits per heavy atom. The van der Waals surface area contributed by atoms with Gasteiger partial charge in [0.05, 0.1) is 5.56 Å². The molecular weight excluding hydrogens is 412 g/mol. The van der Waals surface area contributed by atoms with Gasteiger partial charge >= 0.3 is 12.0 Å². The molecule has 0 aromatic heterocycles. The maximum absolute atomic E-state index is 12.8. The number of hydrogen-bond acceptors (Lipinski definition) is 6. The monoisotopic (exact) mass is 430 g/mol. The van der Waals surface area contributed by atoms with Crippen LogP contribution in [0.4, 0.5) is 4.79 Å². The van der Waals surface area contributed by atoms with Gasteiger partial charge in [-0.25, -0.2) is 9.59 Å². The predicted octanol–water partition coefficient (Wildman–Crippen LogP) is 3.22. The number of carbonyl (C=O) groups is 4. The first-order valence-corrected chi connectivity index (χ1v) is 9.74. The van der Waals surface area contributed by atoms with E-state index in [1.807, 2.05) is 30.3 Å².